The third-order valence-corrected chi connectivity index (χ3v) is 3.64. The standard InChI is InChI=1S/C12H18N4OS/c1-10-3-5-14-12(15-10)18-9-11(17)16-7-2-4-13-6-8-16/h3,5,13H,2,4,6-9H2,1H3. The molecule has 1 aromatic rings. The van der Waals surface area contributed by atoms with Gasteiger partial charge in [0.1, 0.15) is 0 Å². The molecule has 18 heavy (non-hydrogen) atoms. The van der Waals surface area contributed by atoms with Crippen molar-refractivity contribution in [2.75, 3.05) is 31.9 Å². The third-order valence-electron chi connectivity index (χ3n) is 2.79. The van der Waals surface area contributed by atoms with Gasteiger partial charge in [0.25, 0.3) is 0 Å². The van der Waals surface area contributed by atoms with Gasteiger partial charge < -0.3 is 10.2 Å². The molecule has 1 fully saturated rings. The molecule has 0 saturated carbocycles. The number of thioether (sulfide) groups is 1. The summed E-state index contributed by atoms with van der Waals surface area (Å²) < 4.78 is 0. The first-order valence-electron chi connectivity index (χ1n) is 6.16. The van der Waals surface area contributed by atoms with Crippen molar-refractivity contribution in [3.8, 4) is 0 Å². The molecule has 0 spiro atoms. The van der Waals surface area contributed by atoms with E-state index in [1.165, 1.54) is 11.8 Å². The first-order chi connectivity index (χ1) is 8.75. The van der Waals surface area contributed by atoms with Crippen LogP contribution in [0.4, 0.5) is 0 Å². The fourth-order valence-electron chi connectivity index (χ4n) is 1.81. The predicted octanol–water partition coefficient (Wildman–Crippen LogP) is 0.699. The van der Waals surface area contributed by atoms with Crippen LogP contribution in [0.1, 0.15) is 12.1 Å². The Morgan fingerprint density at radius 2 is 2.39 bits per heavy atom. The molecule has 0 atom stereocenters. The molecular weight excluding hydrogens is 248 g/mol. The lowest BCUT2D eigenvalue weighted by Crippen LogP contribution is -2.35. The van der Waals surface area contributed by atoms with E-state index in [0.717, 1.165) is 38.3 Å². The fraction of sp³-hybridized carbons (Fsp3) is 0.583. The van der Waals surface area contributed by atoms with Gasteiger partial charge in [-0.3, -0.25) is 4.79 Å². The average molecular weight is 266 g/mol. The molecule has 1 aliphatic rings. The minimum atomic E-state index is 0.175. The summed E-state index contributed by atoms with van der Waals surface area (Å²) in [5, 5.41) is 3.97. The van der Waals surface area contributed by atoms with Crippen molar-refractivity contribution in [1.29, 1.82) is 0 Å². The number of aromatic nitrogens is 2. The number of amides is 1. The minimum Gasteiger partial charge on any atom is -0.341 e. The van der Waals surface area contributed by atoms with Gasteiger partial charge in [-0.05, 0) is 26.0 Å². The maximum absolute atomic E-state index is 12.0. The van der Waals surface area contributed by atoms with Gasteiger partial charge in [0.2, 0.25) is 5.91 Å². The number of hydrogen-bond donors (Lipinski definition) is 1. The monoisotopic (exact) mass is 266 g/mol. The Morgan fingerprint density at radius 3 is 3.22 bits per heavy atom. The van der Waals surface area contributed by atoms with Gasteiger partial charge in [0, 0.05) is 31.5 Å². The second-order valence-corrected chi connectivity index (χ2v) is 5.20. The predicted molar refractivity (Wildman–Crippen MR) is 71.6 cm³/mol. The van der Waals surface area contributed by atoms with Crippen LogP contribution in [0.5, 0.6) is 0 Å². The minimum absolute atomic E-state index is 0.175. The van der Waals surface area contributed by atoms with E-state index in [-0.39, 0.29) is 5.91 Å². The van der Waals surface area contributed by atoms with E-state index in [1.807, 2.05) is 17.9 Å². The molecule has 2 rings (SSSR count). The Bertz CT molecular complexity index is 405. The van der Waals surface area contributed by atoms with E-state index in [4.69, 9.17) is 0 Å². The van der Waals surface area contributed by atoms with Crippen LogP contribution in [-0.4, -0.2) is 52.7 Å². The van der Waals surface area contributed by atoms with Crippen molar-refractivity contribution in [2.45, 2.75) is 18.5 Å². The molecule has 5 nitrogen and oxygen atoms in total. The summed E-state index contributed by atoms with van der Waals surface area (Å²) in [5.41, 5.74) is 0.930. The molecule has 1 aliphatic heterocycles. The van der Waals surface area contributed by atoms with Crippen LogP contribution >= 0.6 is 11.8 Å². The number of aryl methyl sites for hydroxylation is 1. The van der Waals surface area contributed by atoms with Crippen LogP contribution in [0.25, 0.3) is 0 Å². The Morgan fingerprint density at radius 1 is 1.50 bits per heavy atom. The smallest absolute Gasteiger partial charge is 0.233 e. The molecule has 1 aromatic heterocycles. The number of nitrogens with one attached hydrogen (secondary N) is 1. The first-order valence-corrected chi connectivity index (χ1v) is 7.15. The molecule has 98 valence electrons. The van der Waals surface area contributed by atoms with Crippen molar-refractivity contribution in [2.24, 2.45) is 0 Å². The topological polar surface area (TPSA) is 58.1 Å². The lowest BCUT2D eigenvalue weighted by Gasteiger charge is -2.19. The largest absolute Gasteiger partial charge is 0.341 e. The zero-order valence-electron chi connectivity index (χ0n) is 10.6. The van der Waals surface area contributed by atoms with E-state index in [2.05, 4.69) is 15.3 Å². The molecule has 6 heteroatoms. The summed E-state index contributed by atoms with van der Waals surface area (Å²) in [4.78, 5) is 22.4. The second-order valence-electron chi connectivity index (χ2n) is 4.25. The highest BCUT2D eigenvalue weighted by Gasteiger charge is 2.15. The van der Waals surface area contributed by atoms with E-state index in [0.29, 0.717) is 10.9 Å². The van der Waals surface area contributed by atoms with Crippen molar-refractivity contribution < 1.29 is 4.79 Å². The van der Waals surface area contributed by atoms with Gasteiger partial charge in [0.05, 0.1) is 5.75 Å². The number of carbonyl (C=O) groups excluding carboxylic acids is 1. The quantitative estimate of drug-likeness (QED) is 0.644. The van der Waals surface area contributed by atoms with Crippen LogP contribution in [-0.2, 0) is 4.79 Å². The third kappa shape index (κ3) is 3.96. The molecule has 1 amide bonds. The van der Waals surface area contributed by atoms with Crippen LogP contribution < -0.4 is 5.32 Å². The Hall–Kier alpha value is -1.14. The molecule has 0 radical (unpaired) electrons. The van der Waals surface area contributed by atoms with Crippen molar-refractivity contribution in [3.63, 3.8) is 0 Å². The average Bonchev–Trinajstić information content (AvgIpc) is 2.65. The summed E-state index contributed by atoms with van der Waals surface area (Å²) in [6, 6.07) is 1.85. The Kier molecular flexibility index (Phi) is 4.95. The first kappa shape index (κ1) is 13.3. The van der Waals surface area contributed by atoms with Gasteiger partial charge >= 0.3 is 0 Å². The lowest BCUT2D eigenvalue weighted by atomic mass is 10.4. The molecule has 0 unspecified atom stereocenters. The van der Waals surface area contributed by atoms with E-state index in [9.17, 15) is 4.79 Å². The molecule has 1 N–H and O–H groups in total. The molecule has 1 saturated heterocycles. The molecule has 0 bridgehead atoms. The van der Waals surface area contributed by atoms with Crippen molar-refractivity contribution >= 4 is 17.7 Å². The lowest BCUT2D eigenvalue weighted by molar-refractivity contribution is -0.128. The number of carbonyl (C=O) groups is 1. The highest BCUT2D eigenvalue weighted by atomic mass is 32.2. The van der Waals surface area contributed by atoms with Gasteiger partial charge in [-0.15, -0.1) is 0 Å². The van der Waals surface area contributed by atoms with E-state index in [1.54, 1.807) is 6.20 Å². The summed E-state index contributed by atoms with van der Waals surface area (Å²) >= 11 is 1.41. The highest BCUT2D eigenvalue weighted by Crippen LogP contribution is 2.13. The maximum Gasteiger partial charge on any atom is 0.233 e. The normalized spacial score (nSPS) is 16.4. The molecule has 2 heterocycles. The van der Waals surface area contributed by atoms with Crippen LogP contribution in [0.15, 0.2) is 17.4 Å². The van der Waals surface area contributed by atoms with Crippen LogP contribution in [0.3, 0.4) is 0 Å². The number of hydrogen-bond acceptors (Lipinski definition) is 5. The van der Waals surface area contributed by atoms with Gasteiger partial charge in [-0.1, -0.05) is 11.8 Å². The molecule has 0 aromatic carbocycles. The van der Waals surface area contributed by atoms with Crippen LogP contribution in [0.2, 0.25) is 0 Å². The van der Waals surface area contributed by atoms with Gasteiger partial charge in [-0.25, -0.2) is 9.97 Å². The Labute approximate surface area is 111 Å². The number of nitrogens with zero attached hydrogens (tertiary/aromatic N) is 3. The Balaban J connectivity index is 1.83. The number of rotatable bonds is 3. The molecule has 0 aliphatic carbocycles. The van der Waals surface area contributed by atoms with E-state index >= 15 is 0 Å². The van der Waals surface area contributed by atoms with Crippen molar-refractivity contribution in [1.82, 2.24) is 20.2 Å². The highest BCUT2D eigenvalue weighted by molar-refractivity contribution is 7.99. The zero-order valence-corrected chi connectivity index (χ0v) is 11.4. The van der Waals surface area contributed by atoms with Gasteiger partial charge in [0.15, 0.2) is 5.16 Å². The van der Waals surface area contributed by atoms with Crippen molar-refractivity contribution in [3.05, 3.63) is 18.0 Å². The summed E-state index contributed by atoms with van der Waals surface area (Å²) in [7, 11) is 0. The fourth-order valence-corrected chi connectivity index (χ4v) is 2.59. The van der Waals surface area contributed by atoms with Gasteiger partial charge in [-0.2, -0.15) is 0 Å². The summed E-state index contributed by atoms with van der Waals surface area (Å²) in [6.07, 6.45) is 2.75. The maximum atomic E-state index is 12.0. The second kappa shape index (κ2) is 6.70. The summed E-state index contributed by atoms with van der Waals surface area (Å²) in [6.45, 7) is 5.46. The van der Waals surface area contributed by atoms with Crippen LogP contribution in [0, 0.1) is 6.92 Å². The SMILES string of the molecule is Cc1ccnc(SCC(=O)N2CCCNCC2)n1. The zero-order chi connectivity index (χ0) is 12.8. The van der Waals surface area contributed by atoms with E-state index < -0.39 is 0 Å². The molecular formula is C12H18N4OS. The summed E-state index contributed by atoms with van der Waals surface area (Å²) in [5.74, 6) is 0.595.